The minimum absolute atomic E-state index is 0.0675. The van der Waals surface area contributed by atoms with Crippen molar-refractivity contribution >= 4 is 0 Å². The van der Waals surface area contributed by atoms with Gasteiger partial charge in [0.15, 0.2) is 0 Å². The van der Waals surface area contributed by atoms with E-state index in [0.29, 0.717) is 22.3 Å². The van der Waals surface area contributed by atoms with Crippen LogP contribution >= 0.6 is 0 Å². The summed E-state index contributed by atoms with van der Waals surface area (Å²) in [7, 11) is 0. The van der Waals surface area contributed by atoms with E-state index in [0.717, 1.165) is 0 Å². The zero-order valence-electron chi connectivity index (χ0n) is 16.4. The lowest BCUT2D eigenvalue weighted by atomic mass is 9.98. The lowest BCUT2D eigenvalue weighted by Crippen LogP contribution is -2.01. The Morgan fingerprint density at radius 3 is 1.19 bits per heavy atom. The van der Waals surface area contributed by atoms with Gasteiger partial charge < -0.3 is 4.74 Å². The summed E-state index contributed by atoms with van der Waals surface area (Å²) in [4.78, 5) is 0. The standard InChI is InChI=1S/C26H18F4O/c27-21-11-5-12-22(28)25(21)19-9-3-1-7-17(19)15-31-16-18-8-2-4-10-20(18)26-23(29)13-6-14-24(26)30/h1-14H,15-16H2. The molecule has 31 heavy (non-hydrogen) atoms. The summed E-state index contributed by atoms with van der Waals surface area (Å²) in [6.07, 6.45) is 0. The monoisotopic (exact) mass is 422 g/mol. The van der Waals surface area contributed by atoms with Crippen molar-refractivity contribution in [2.24, 2.45) is 0 Å². The van der Waals surface area contributed by atoms with E-state index < -0.39 is 23.3 Å². The van der Waals surface area contributed by atoms with Gasteiger partial charge in [-0.3, -0.25) is 0 Å². The summed E-state index contributed by atoms with van der Waals surface area (Å²) in [5.41, 5.74) is 1.76. The van der Waals surface area contributed by atoms with Crippen LogP contribution in [0, 0.1) is 23.3 Å². The molecular formula is C26H18F4O. The average Bonchev–Trinajstić information content (AvgIpc) is 2.75. The third-order valence-electron chi connectivity index (χ3n) is 5.01. The Kier molecular flexibility index (Phi) is 6.14. The van der Waals surface area contributed by atoms with Gasteiger partial charge in [-0.25, -0.2) is 17.6 Å². The maximum atomic E-state index is 14.3. The summed E-state index contributed by atoms with van der Waals surface area (Å²) >= 11 is 0. The largest absolute Gasteiger partial charge is 0.372 e. The van der Waals surface area contributed by atoms with Crippen molar-refractivity contribution < 1.29 is 22.3 Å². The van der Waals surface area contributed by atoms with Gasteiger partial charge in [-0.15, -0.1) is 0 Å². The number of rotatable bonds is 6. The Balaban J connectivity index is 1.59. The van der Waals surface area contributed by atoms with Crippen LogP contribution in [0.1, 0.15) is 11.1 Å². The van der Waals surface area contributed by atoms with Crippen molar-refractivity contribution in [1.29, 1.82) is 0 Å². The number of hydrogen-bond donors (Lipinski definition) is 0. The highest BCUT2D eigenvalue weighted by atomic mass is 19.1. The first-order chi connectivity index (χ1) is 15.1. The van der Waals surface area contributed by atoms with Gasteiger partial charge in [0.25, 0.3) is 0 Å². The van der Waals surface area contributed by atoms with Gasteiger partial charge in [0.2, 0.25) is 0 Å². The zero-order valence-corrected chi connectivity index (χ0v) is 16.4. The van der Waals surface area contributed by atoms with E-state index in [1.54, 1.807) is 48.5 Å². The molecule has 0 fully saturated rings. The van der Waals surface area contributed by atoms with Crippen LogP contribution < -0.4 is 0 Å². The van der Waals surface area contributed by atoms with Crippen molar-refractivity contribution in [1.82, 2.24) is 0 Å². The van der Waals surface area contributed by atoms with Crippen molar-refractivity contribution in [2.75, 3.05) is 0 Å². The molecule has 5 heteroatoms. The molecule has 0 aliphatic rings. The molecule has 0 aromatic heterocycles. The summed E-state index contributed by atoms with van der Waals surface area (Å²) in [6.45, 7) is 0.135. The molecule has 0 unspecified atom stereocenters. The summed E-state index contributed by atoms with van der Waals surface area (Å²) in [5, 5.41) is 0. The smallest absolute Gasteiger partial charge is 0.133 e. The van der Waals surface area contributed by atoms with Gasteiger partial charge in [0.05, 0.1) is 24.3 Å². The first-order valence-corrected chi connectivity index (χ1v) is 9.68. The topological polar surface area (TPSA) is 9.23 Å². The third-order valence-corrected chi connectivity index (χ3v) is 5.01. The van der Waals surface area contributed by atoms with E-state index in [2.05, 4.69) is 0 Å². The summed E-state index contributed by atoms with van der Waals surface area (Å²) in [6, 6.07) is 21.0. The molecule has 4 aromatic carbocycles. The number of ether oxygens (including phenoxy) is 1. The first kappa shape index (κ1) is 20.8. The van der Waals surface area contributed by atoms with Crippen molar-refractivity contribution in [3.8, 4) is 22.3 Å². The van der Waals surface area contributed by atoms with Gasteiger partial charge in [-0.2, -0.15) is 0 Å². The van der Waals surface area contributed by atoms with Gasteiger partial charge >= 0.3 is 0 Å². The predicted molar refractivity (Wildman–Crippen MR) is 112 cm³/mol. The number of halogens is 4. The highest BCUT2D eigenvalue weighted by molar-refractivity contribution is 5.69. The molecule has 4 aromatic rings. The molecule has 0 bridgehead atoms. The van der Waals surface area contributed by atoms with Crippen molar-refractivity contribution in [3.63, 3.8) is 0 Å². The van der Waals surface area contributed by atoms with Gasteiger partial charge in [-0.05, 0) is 46.5 Å². The molecule has 0 radical (unpaired) electrons. The molecule has 156 valence electrons. The minimum atomic E-state index is -0.659. The Morgan fingerprint density at radius 2 is 0.806 bits per heavy atom. The average molecular weight is 422 g/mol. The molecule has 0 aliphatic heterocycles. The van der Waals surface area contributed by atoms with E-state index in [4.69, 9.17) is 4.74 Å². The SMILES string of the molecule is Fc1cccc(F)c1-c1ccccc1COCc1ccccc1-c1c(F)cccc1F. The number of hydrogen-bond acceptors (Lipinski definition) is 1. The Hall–Kier alpha value is -3.44. The van der Waals surface area contributed by atoms with Crippen LogP contribution in [-0.4, -0.2) is 0 Å². The third kappa shape index (κ3) is 4.37. The fraction of sp³-hybridized carbons (Fsp3) is 0.0769. The fourth-order valence-electron chi connectivity index (χ4n) is 3.56. The van der Waals surface area contributed by atoms with Gasteiger partial charge in [-0.1, -0.05) is 60.7 Å². The Bertz CT molecular complexity index is 1080. The molecular weight excluding hydrogens is 404 g/mol. The van der Waals surface area contributed by atoms with Crippen molar-refractivity contribution in [3.05, 3.63) is 119 Å². The zero-order chi connectivity index (χ0) is 21.8. The minimum Gasteiger partial charge on any atom is -0.372 e. The van der Waals surface area contributed by atoms with E-state index in [1.807, 2.05) is 0 Å². The van der Waals surface area contributed by atoms with Gasteiger partial charge in [0, 0.05) is 0 Å². The van der Waals surface area contributed by atoms with E-state index in [9.17, 15) is 17.6 Å². The maximum absolute atomic E-state index is 14.3. The van der Waals surface area contributed by atoms with Crippen LogP contribution in [0.5, 0.6) is 0 Å². The molecule has 0 aliphatic carbocycles. The molecule has 0 spiro atoms. The predicted octanol–water partition coefficient (Wildman–Crippen LogP) is 7.29. The Morgan fingerprint density at radius 1 is 0.452 bits per heavy atom. The van der Waals surface area contributed by atoms with Crippen LogP contribution in [-0.2, 0) is 18.0 Å². The summed E-state index contributed by atoms with van der Waals surface area (Å²) in [5.74, 6) is -2.64. The number of benzene rings is 4. The lowest BCUT2D eigenvalue weighted by molar-refractivity contribution is 0.108. The highest BCUT2D eigenvalue weighted by Crippen LogP contribution is 2.31. The lowest BCUT2D eigenvalue weighted by Gasteiger charge is -2.14. The molecule has 0 heterocycles. The van der Waals surface area contributed by atoms with Crippen molar-refractivity contribution in [2.45, 2.75) is 13.2 Å². The molecule has 1 nitrogen and oxygen atoms in total. The molecule has 0 saturated heterocycles. The maximum Gasteiger partial charge on any atom is 0.133 e. The van der Waals surface area contributed by atoms with E-state index in [1.165, 1.54) is 36.4 Å². The highest BCUT2D eigenvalue weighted by Gasteiger charge is 2.16. The molecule has 0 saturated carbocycles. The van der Waals surface area contributed by atoms with Crippen LogP contribution in [0.15, 0.2) is 84.9 Å². The second-order valence-corrected chi connectivity index (χ2v) is 7.00. The van der Waals surface area contributed by atoms with Crippen LogP contribution in [0.3, 0.4) is 0 Å². The van der Waals surface area contributed by atoms with Gasteiger partial charge in [0.1, 0.15) is 23.3 Å². The Labute approximate surface area is 177 Å². The second-order valence-electron chi connectivity index (χ2n) is 7.00. The molecule has 0 amide bonds. The summed E-state index contributed by atoms with van der Waals surface area (Å²) < 4.78 is 62.9. The van der Waals surface area contributed by atoms with E-state index >= 15 is 0 Å². The molecule has 4 rings (SSSR count). The molecule has 0 atom stereocenters. The van der Waals surface area contributed by atoms with Crippen LogP contribution in [0.2, 0.25) is 0 Å². The molecule has 0 N–H and O–H groups in total. The fourth-order valence-corrected chi connectivity index (χ4v) is 3.56. The van der Waals surface area contributed by atoms with E-state index in [-0.39, 0.29) is 24.3 Å². The van der Waals surface area contributed by atoms with Crippen LogP contribution in [0.4, 0.5) is 17.6 Å². The van der Waals surface area contributed by atoms with Crippen LogP contribution in [0.25, 0.3) is 22.3 Å². The first-order valence-electron chi connectivity index (χ1n) is 9.68. The quantitative estimate of drug-likeness (QED) is 0.296. The second kappa shape index (κ2) is 9.14. The normalized spacial score (nSPS) is 11.0.